The summed E-state index contributed by atoms with van der Waals surface area (Å²) in [6.45, 7) is 1.71. The van der Waals surface area contributed by atoms with Crippen molar-refractivity contribution in [3.05, 3.63) is 36.0 Å². The van der Waals surface area contributed by atoms with E-state index in [9.17, 15) is 9.59 Å². The lowest BCUT2D eigenvalue weighted by molar-refractivity contribution is -0.129. The van der Waals surface area contributed by atoms with Gasteiger partial charge in [-0.15, -0.1) is 0 Å². The van der Waals surface area contributed by atoms with Crippen LogP contribution in [-0.4, -0.2) is 47.0 Å². The number of nitrogens with one attached hydrogen (secondary N) is 1. The molecule has 110 valence electrons. The average molecular weight is 287 g/mol. The van der Waals surface area contributed by atoms with Gasteiger partial charge in [-0.2, -0.15) is 0 Å². The summed E-state index contributed by atoms with van der Waals surface area (Å²) in [6, 6.07) is 8.33. The summed E-state index contributed by atoms with van der Waals surface area (Å²) in [7, 11) is 3.33. The maximum atomic E-state index is 11.9. The predicted octanol–water partition coefficient (Wildman–Crippen LogP) is 1.82. The van der Waals surface area contributed by atoms with Gasteiger partial charge in [0.05, 0.1) is 0 Å². The number of fused-ring (bicyclic) bond motifs is 1. The van der Waals surface area contributed by atoms with Gasteiger partial charge in [0.15, 0.2) is 5.69 Å². The third-order valence-electron chi connectivity index (χ3n) is 3.12. The smallest absolute Gasteiger partial charge is 0.354 e. The Hall–Kier alpha value is -2.63. The molecular weight excluding hydrogens is 270 g/mol. The molecule has 1 heterocycles. The zero-order valence-electron chi connectivity index (χ0n) is 12.1. The van der Waals surface area contributed by atoms with Crippen LogP contribution in [0.25, 0.3) is 10.8 Å². The molecule has 0 saturated carbocycles. The number of rotatable bonds is 4. The maximum Gasteiger partial charge on any atom is 0.354 e. The zero-order chi connectivity index (χ0) is 15.6. The first kappa shape index (κ1) is 14.8. The molecule has 1 unspecified atom stereocenters. The lowest BCUT2D eigenvalue weighted by atomic mass is 10.1. The van der Waals surface area contributed by atoms with Crippen LogP contribution in [0.2, 0.25) is 0 Å². The molecule has 1 aromatic heterocycles. The van der Waals surface area contributed by atoms with E-state index >= 15 is 0 Å². The number of carboxylic acids is 1. The number of nitrogens with zero attached hydrogens (tertiary/aromatic N) is 2. The number of hydrogen-bond donors (Lipinski definition) is 2. The van der Waals surface area contributed by atoms with E-state index in [1.165, 1.54) is 11.0 Å². The molecule has 0 bridgehead atoms. The minimum Gasteiger partial charge on any atom is -0.477 e. The van der Waals surface area contributed by atoms with Crippen LogP contribution in [-0.2, 0) is 4.79 Å². The summed E-state index contributed by atoms with van der Waals surface area (Å²) in [5.41, 5.74) is -0.0549. The zero-order valence-corrected chi connectivity index (χ0v) is 12.1. The molecule has 6 nitrogen and oxygen atoms in total. The van der Waals surface area contributed by atoms with Crippen LogP contribution in [0.4, 0.5) is 5.82 Å². The SMILES string of the molecule is CC(Nc1nc(C(=O)O)cc2ccccc12)C(=O)N(C)C. The number of aromatic nitrogens is 1. The fourth-order valence-electron chi connectivity index (χ4n) is 2.07. The third-order valence-corrected chi connectivity index (χ3v) is 3.12. The van der Waals surface area contributed by atoms with Crippen LogP contribution >= 0.6 is 0 Å². The van der Waals surface area contributed by atoms with Crippen molar-refractivity contribution in [3.8, 4) is 0 Å². The van der Waals surface area contributed by atoms with Crippen molar-refractivity contribution < 1.29 is 14.7 Å². The molecule has 1 atom stereocenters. The molecule has 2 rings (SSSR count). The largest absolute Gasteiger partial charge is 0.477 e. The van der Waals surface area contributed by atoms with Crippen LogP contribution in [0.15, 0.2) is 30.3 Å². The molecule has 2 aromatic rings. The van der Waals surface area contributed by atoms with Gasteiger partial charge in [0.1, 0.15) is 11.9 Å². The first-order valence-electron chi connectivity index (χ1n) is 6.51. The summed E-state index contributed by atoms with van der Waals surface area (Å²) < 4.78 is 0. The molecule has 1 amide bonds. The van der Waals surface area contributed by atoms with E-state index in [0.29, 0.717) is 5.82 Å². The van der Waals surface area contributed by atoms with Gasteiger partial charge in [0.25, 0.3) is 0 Å². The van der Waals surface area contributed by atoms with Gasteiger partial charge in [-0.25, -0.2) is 9.78 Å². The van der Waals surface area contributed by atoms with Gasteiger partial charge in [-0.05, 0) is 18.4 Å². The molecule has 0 fully saturated rings. The van der Waals surface area contributed by atoms with E-state index in [-0.39, 0.29) is 11.6 Å². The second-order valence-corrected chi connectivity index (χ2v) is 4.98. The Kier molecular flexibility index (Phi) is 4.07. The van der Waals surface area contributed by atoms with Crippen LogP contribution in [0.3, 0.4) is 0 Å². The number of carbonyl (C=O) groups is 2. The van der Waals surface area contributed by atoms with Gasteiger partial charge in [0, 0.05) is 19.5 Å². The highest BCUT2D eigenvalue weighted by Crippen LogP contribution is 2.23. The molecule has 2 N–H and O–H groups in total. The van der Waals surface area contributed by atoms with Crippen molar-refractivity contribution in [2.75, 3.05) is 19.4 Å². The minimum atomic E-state index is -1.10. The van der Waals surface area contributed by atoms with Crippen molar-refractivity contribution in [2.45, 2.75) is 13.0 Å². The monoisotopic (exact) mass is 287 g/mol. The van der Waals surface area contributed by atoms with Gasteiger partial charge >= 0.3 is 5.97 Å². The summed E-state index contributed by atoms with van der Waals surface area (Å²) >= 11 is 0. The van der Waals surface area contributed by atoms with Crippen LogP contribution in [0.5, 0.6) is 0 Å². The van der Waals surface area contributed by atoms with Crippen LogP contribution in [0.1, 0.15) is 17.4 Å². The molecule has 21 heavy (non-hydrogen) atoms. The van der Waals surface area contributed by atoms with Crippen molar-refractivity contribution in [2.24, 2.45) is 0 Å². The number of hydrogen-bond acceptors (Lipinski definition) is 4. The van der Waals surface area contributed by atoms with E-state index in [1.807, 2.05) is 24.3 Å². The van der Waals surface area contributed by atoms with Crippen LogP contribution < -0.4 is 5.32 Å². The summed E-state index contributed by atoms with van der Waals surface area (Å²) in [5, 5.41) is 13.7. The summed E-state index contributed by atoms with van der Waals surface area (Å²) in [6.07, 6.45) is 0. The number of carbonyl (C=O) groups excluding carboxylic acids is 1. The third kappa shape index (κ3) is 3.10. The molecule has 0 aliphatic rings. The minimum absolute atomic E-state index is 0.0549. The standard InChI is InChI=1S/C15H17N3O3/c1-9(14(19)18(2)3)16-13-11-7-5-4-6-10(11)8-12(17-13)15(20)21/h4-9H,1-3H3,(H,16,17)(H,20,21). The van der Waals surface area contributed by atoms with E-state index in [1.54, 1.807) is 21.0 Å². The normalized spacial score (nSPS) is 12.0. The quantitative estimate of drug-likeness (QED) is 0.896. The number of aromatic carboxylic acids is 1. The molecule has 1 aromatic carbocycles. The Morgan fingerprint density at radius 2 is 1.95 bits per heavy atom. The molecule has 0 radical (unpaired) electrons. The highest BCUT2D eigenvalue weighted by molar-refractivity contribution is 5.98. The van der Waals surface area contributed by atoms with E-state index in [4.69, 9.17) is 5.11 Å². The van der Waals surface area contributed by atoms with Crippen molar-refractivity contribution >= 4 is 28.5 Å². The second kappa shape index (κ2) is 5.78. The highest BCUT2D eigenvalue weighted by atomic mass is 16.4. The molecule has 6 heteroatoms. The Morgan fingerprint density at radius 1 is 1.29 bits per heavy atom. The van der Waals surface area contributed by atoms with E-state index < -0.39 is 12.0 Å². The molecule has 0 saturated heterocycles. The van der Waals surface area contributed by atoms with Gasteiger partial charge in [-0.3, -0.25) is 4.79 Å². The molecule has 0 aliphatic heterocycles. The second-order valence-electron chi connectivity index (χ2n) is 4.98. The molecular formula is C15H17N3O3. The highest BCUT2D eigenvalue weighted by Gasteiger charge is 2.17. The predicted molar refractivity (Wildman–Crippen MR) is 80.5 cm³/mol. The van der Waals surface area contributed by atoms with Crippen molar-refractivity contribution in [3.63, 3.8) is 0 Å². The van der Waals surface area contributed by atoms with Gasteiger partial charge in [0.2, 0.25) is 5.91 Å². The van der Waals surface area contributed by atoms with E-state index in [0.717, 1.165) is 10.8 Å². The lowest BCUT2D eigenvalue weighted by Gasteiger charge is -2.19. The maximum absolute atomic E-state index is 11.9. The van der Waals surface area contributed by atoms with Crippen LogP contribution in [0, 0.1) is 0 Å². The molecule has 0 spiro atoms. The number of anilines is 1. The number of benzene rings is 1. The fraction of sp³-hybridized carbons (Fsp3) is 0.267. The summed E-state index contributed by atoms with van der Waals surface area (Å²) in [5.74, 6) is -0.815. The average Bonchev–Trinajstić information content (AvgIpc) is 2.45. The fourth-order valence-corrected chi connectivity index (χ4v) is 2.07. The Bertz CT molecular complexity index is 698. The summed E-state index contributed by atoms with van der Waals surface area (Å²) in [4.78, 5) is 28.7. The molecule has 0 aliphatic carbocycles. The first-order chi connectivity index (χ1) is 9.90. The number of carboxylic acid groups (broad SMARTS) is 1. The first-order valence-corrected chi connectivity index (χ1v) is 6.51. The number of amides is 1. The van der Waals surface area contributed by atoms with Crippen molar-refractivity contribution in [1.29, 1.82) is 0 Å². The Morgan fingerprint density at radius 3 is 2.57 bits per heavy atom. The number of pyridine rings is 1. The van der Waals surface area contributed by atoms with Gasteiger partial charge in [-0.1, -0.05) is 24.3 Å². The van der Waals surface area contributed by atoms with Gasteiger partial charge < -0.3 is 15.3 Å². The number of likely N-dealkylation sites (N-methyl/N-ethyl adjacent to an activating group) is 1. The Labute approximate surface area is 122 Å². The Balaban J connectivity index is 2.46. The van der Waals surface area contributed by atoms with E-state index in [2.05, 4.69) is 10.3 Å². The van der Waals surface area contributed by atoms with Crippen molar-refractivity contribution in [1.82, 2.24) is 9.88 Å². The topological polar surface area (TPSA) is 82.5 Å². The lowest BCUT2D eigenvalue weighted by Crippen LogP contribution is -2.37.